The van der Waals surface area contributed by atoms with E-state index in [-0.39, 0.29) is 6.04 Å². The van der Waals surface area contributed by atoms with E-state index < -0.39 is 0 Å². The fourth-order valence-electron chi connectivity index (χ4n) is 1.98. The first-order valence-corrected chi connectivity index (χ1v) is 7.67. The van der Waals surface area contributed by atoms with E-state index in [1.807, 2.05) is 36.4 Å². The Bertz CT molecular complexity index is 665. The SMILES string of the molecule is C=CCNC(C#Cc1ccccc1)c1ccc(C)cc1Br. The molecule has 0 bridgehead atoms. The van der Waals surface area contributed by atoms with Gasteiger partial charge in [0.2, 0.25) is 0 Å². The standard InChI is InChI=1S/C19H18BrN/c1-3-13-21-19(12-10-16-7-5-4-6-8-16)17-11-9-15(2)14-18(17)20/h3-9,11,14,19,21H,1,13H2,2H3. The number of halogens is 1. The van der Waals surface area contributed by atoms with Crippen molar-refractivity contribution in [2.45, 2.75) is 13.0 Å². The molecule has 0 aromatic heterocycles. The molecule has 2 rings (SSSR count). The molecule has 0 aliphatic carbocycles. The topological polar surface area (TPSA) is 12.0 Å². The summed E-state index contributed by atoms with van der Waals surface area (Å²) in [6.07, 6.45) is 1.85. The Morgan fingerprint density at radius 2 is 2.00 bits per heavy atom. The minimum Gasteiger partial charge on any atom is -0.296 e. The van der Waals surface area contributed by atoms with E-state index in [1.54, 1.807) is 0 Å². The van der Waals surface area contributed by atoms with E-state index in [9.17, 15) is 0 Å². The minimum atomic E-state index is -0.0295. The zero-order valence-electron chi connectivity index (χ0n) is 12.1. The van der Waals surface area contributed by atoms with Crippen molar-refractivity contribution in [1.82, 2.24) is 5.32 Å². The van der Waals surface area contributed by atoms with Gasteiger partial charge in [-0.1, -0.05) is 64.2 Å². The van der Waals surface area contributed by atoms with Crippen molar-refractivity contribution >= 4 is 15.9 Å². The van der Waals surface area contributed by atoms with Gasteiger partial charge in [-0.3, -0.25) is 5.32 Å². The van der Waals surface area contributed by atoms with Crippen LogP contribution in [-0.2, 0) is 0 Å². The molecule has 1 N–H and O–H groups in total. The van der Waals surface area contributed by atoms with Gasteiger partial charge >= 0.3 is 0 Å². The fourth-order valence-corrected chi connectivity index (χ4v) is 2.71. The Balaban J connectivity index is 2.30. The van der Waals surface area contributed by atoms with Crippen LogP contribution in [0.3, 0.4) is 0 Å². The number of hydrogen-bond acceptors (Lipinski definition) is 1. The maximum absolute atomic E-state index is 3.76. The second-order valence-electron chi connectivity index (χ2n) is 4.79. The molecule has 0 aliphatic rings. The maximum atomic E-state index is 3.76. The highest BCUT2D eigenvalue weighted by Crippen LogP contribution is 2.24. The molecule has 21 heavy (non-hydrogen) atoms. The second kappa shape index (κ2) is 7.83. The molecule has 0 saturated heterocycles. The third-order valence-corrected chi connectivity index (χ3v) is 3.75. The second-order valence-corrected chi connectivity index (χ2v) is 5.64. The molecule has 2 aromatic rings. The van der Waals surface area contributed by atoms with Crippen LogP contribution in [0.4, 0.5) is 0 Å². The molecule has 106 valence electrons. The number of hydrogen-bond donors (Lipinski definition) is 1. The molecule has 0 fully saturated rings. The van der Waals surface area contributed by atoms with Crippen molar-refractivity contribution in [1.29, 1.82) is 0 Å². The smallest absolute Gasteiger partial charge is 0.0963 e. The van der Waals surface area contributed by atoms with E-state index >= 15 is 0 Å². The lowest BCUT2D eigenvalue weighted by Crippen LogP contribution is -2.20. The summed E-state index contributed by atoms with van der Waals surface area (Å²) >= 11 is 3.63. The van der Waals surface area contributed by atoms with E-state index in [1.165, 1.54) is 5.56 Å². The third kappa shape index (κ3) is 4.60. The van der Waals surface area contributed by atoms with Crippen LogP contribution in [0.5, 0.6) is 0 Å². The first kappa shape index (κ1) is 15.6. The zero-order chi connectivity index (χ0) is 15.1. The Morgan fingerprint density at radius 1 is 1.24 bits per heavy atom. The molecule has 0 amide bonds. The summed E-state index contributed by atoms with van der Waals surface area (Å²) < 4.78 is 1.08. The van der Waals surface area contributed by atoms with Gasteiger partial charge in [-0.25, -0.2) is 0 Å². The van der Waals surface area contributed by atoms with Crippen molar-refractivity contribution in [3.05, 3.63) is 82.3 Å². The van der Waals surface area contributed by atoms with Gasteiger partial charge < -0.3 is 0 Å². The van der Waals surface area contributed by atoms with Gasteiger partial charge in [0, 0.05) is 16.6 Å². The van der Waals surface area contributed by atoms with Crippen LogP contribution in [0.25, 0.3) is 0 Å². The highest BCUT2D eigenvalue weighted by atomic mass is 79.9. The normalized spacial score (nSPS) is 11.3. The van der Waals surface area contributed by atoms with Gasteiger partial charge in [-0.05, 0) is 36.2 Å². The average molecular weight is 340 g/mol. The molecule has 1 nitrogen and oxygen atoms in total. The Kier molecular flexibility index (Phi) is 5.80. The molecule has 1 unspecified atom stereocenters. The maximum Gasteiger partial charge on any atom is 0.0963 e. The van der Waals surface area contributed by atoms with Gasteiger partial charge in [0.15, 0.2) is 0 Å². The van der Waals surface area contributed by atoms with Gasteiger partial charge in [-0.2, -0.15) is 0 Å². The summed E-state index contributed by atoms with van der Waals surface area (Å²) in [4.78, 5) is 0. The fraction of sp³-hybridized carbons (Fsp3) is 0.158. The lowest BCUT2D eigenvalue weighted by molar-refractivity contribution is 0.688. The van der Waals surface area contributed by atoms with Gasteiger partial charge in [0.25, 0.3) is 0 Å². The van der Waals surface area contributed by atoms with Crippen LogP contribution in [0.15, 0.2) is 65.7 Å². The van der Waals surface area contributed by atoms with Crippen molar-refractivity contribution < 1.29 is 0 Å². The van der Waals surface area contributed by atoms with E-state index in [2.05, 4.69) is 64.8 Å². The molecule has 0 radical (unpaired) electrons. The number of nitrogens with one attached hydrogen (secondary N) is 1. The molecule has 1 atom stereocenters. The van der Waals surface area contributed by atoms with Gasteiger partial charge in [-0.15, -0.1) is 6.58 Å². The highest BCUT2D eigenvalue weighted by molar-refractivity contribution is 9.10. The van der Waals surface area contributed by atoms with E-state index in [4.69, 9.17) is 0 Å². The number of aryl methyl sites for hydroxylation is 1. The van der Waals surface area contributed by atoms with E-state index in [0.29, 0.717) is 6.54 Å². The summed E-state index contributed by atoms with van der Waals surface area (Å²) in [5, 5.41) is 3.39. The van der Waals surface area contributed by atoms with Crippen molar-refractivity contribution in [2.75, 3.05) is 6.54 Å². The highest BCUT2D eigenvalue weighted by Gasteiger charge is 2.10. The van der Waals surface area contributed by atoms with Crippen LogP contribution in [-0.4, -0.2) is 6.54 Å². The Labute approximate surface area is 135 Å². The molecular formula is C19H18BrN. The van der Waals surface area contributed by atoms with Gasteiger partial charge in [0.05, 0.1) is 6.04 Å². The van der Waals surface area contributed by atoms with Crippen molar-refractivity contribution in [2.24, 2.45) is 0 Å². The molecule has 0 heterocycles. The van der Waals surface area contributed by atoms with E-state index in [0.717, 1.165) is 15.6 Å². The van der Waals surface area contributed by atoms with Crippen molar-refractivity contribution in [3.8, 4) is 11.8 Å². The summed E-state index contributed by atoms with van der Waals surface area (Å²) in [5.74, 6) is 6.53. The van der Waals surface area contributed by atoms with Crippen LogP contribution >= 0.6 is 15.9 Å². The van der Waals surface area contributed by atoms with Crippen LogP contribution in [0, 0.1) is 18.8 Å². The average Bonchev–Trinajstić information content (AvgIpc) is 2.49. The largest absolute Gasteiger partial charge is 0.296 e. The molecule has 2 heteroatoms. The summed E-state index contributed by atoms with van der Waals surface area (Å²) in [7, 11) is 0. The first-order valence-electron chi connectivity index (χ1n) is 6.87. The summed E-state index contributed by atoms with van der Waals surface area (Å²) in [6, 6.07) is 16.3. The summed E-state index contributed by atoms with van der Waals surface area (Å²) in [6.45, 7) is 6.56. The van der Waals surface area contributed by atoms with Crippen LogP contribution in [0.1, 0.15) is 22.7 Å². The molecule has 0 aliphatic heterocycles. The molecule has 0 spiro atoms. The number of benzene rings is 2. The molecular weight excluding hydrogens is 322 g/mol. The lowest BCUT2D eigenvalue weighted by Gasteiger charge is -2.14. The monoisotopic (exact) mass is 339 g/mol. The Hall–Kier alpha value is -1.82. The zero-order valence-corrected chi connectivity index (χ0v) is 13.7. The van der Waals surface area contributed by atoms with Crippen molar-refractivity contribution in [3.63, 3.8) is 0 Å². The molecule has 2 aromatic carbocycles. The summed E-state index contributed by atoms with van der Waals surface area (Å²) in [5.41, 5.74) is 3.39. The minimum absolute atomic E-state index is 0.0295. The predicted octanol–water partition coefficient (Wildman–Crippen LogP) is 4.63. The first-order chi connectivity index (χ1) is 10.2. The Morgan fingerprint density at radius 3 is 2.67 bits per heavy atom. The van der Waals surface area contributed by atoms with Gasteiger partial charge in [0.1, 0.15) is 0 Å². The van der Waals surface area contributed by atoms with Crippen LogP contribution < -0.4 is 5.32 Å². The quantitative estimate of drug-likeness (QED) is 0.632. The predicted molar refractivity (Wildman–Crippen MR) is 93.1 cm³/mol. The number of rotatable bonds is 4. The molecule has 0 saturated carbocycles. The lowest BCUT2D eigenvalue weighted by atomic mass is 10.0. The van der Waals surface area contributed by atoms with Crippen LogP contribution in [0.2, 0.25) is 0 Å². The third-order valence-electron chi connectivity index (χ3n) is 3.07.